The highest BCUT2D eigenvalue weighted by atomic mass is 19.1. The van der Waals surface area contributed by atoms with Crippen molar-refractivity contribution in [2.45, 2.75) is 13.5 Å². The third-order valence-electron chi connectivity index (χ3n) is 1.93. The van der Waals surface area contributed by atoms with Crippen LogP contribution in [0.2, 0.25) is 0 Å². The van der Waals surface area contributed by atoms with Gasteiger partial charge in [0.1, 0.15) is 12.2 Å². The van der Waals surface area contributed by atoms with Crippen LogP contribution in [0.3, 0.4) is 0 Å². The molecular formula is C9H10FN3. The van der Waals surface area contributed by atoms with Crippen LogP contribution in [0.25, 0.3) is 11.2 Å². The van der Waals surface area contributed by atoms with Crippen LogP contribution in [0, 0.1) is 6.92 Å². The molecule has 0 bridgehead atoms. The molecule has 0 unspecified atom stereocenters. The summed E-state index contributed by atoms with van der Waals surface area (Å²) in [5, 5.41) is 0. The van der Waals surface area contributed by atoms with E-state index in [2.05, 4.69) is 9.97 Å². The minimum atomic E-state index is -0.388. The van der Waals surface area contributed by atoms with Gasteiger partial charge in [-0.2, -0.15) is 0 Å². The van der Waals surface area contributed by atoms with Gasteiger partial charge in [0.25, 0.3) is 0 Å². The van der Waals surface area contributed by atoms with Crippen molar-refractivity contribution in [1.29, 1.82) is 0 Å². The molecule has 4 heteroatoms. The summed E-state index contributed by atoms with van der Waals surface area (Å²) in [6, 6.07) is 3.79. The Morgan fingerprint density at radius 3 is 3.08 bits per heavy atom. The van der Waals surface area contributed by atoms with E-state index >= 15 is 0 Å². The highest BCUT2D eigenvalue weighted by Gasteiger charge is 2.02. The Bertz CT molecular complexity index is 422. The average molecular weight is 179 g/mol. The lowest BCUT2D eigenvalue weighted by Crippen LogP contribution is -1.99. The molecule has 68 valence electrons. The molecule has 0 atom stereocenters. The second kappa shape index (κ2) is 3.12. The number of nitrogens with zero attached hydrogens (tertiary/aromatic N) is 3. The van der Waals surface area contributed by atoms with Crippen molar-refractivity contribution in [3.63, 3.8) is 0 Å². The fourth-order valence-electron chi connectivity index (χ4n) is 1.29. The van der Waals surface area contributed by atoms with Crippen molar-refractivity contribution in [3.05, 3.63) is 24.2 Å². The summed E-state index contributed by atoms with van der Waals surface area (Å²) >= 11 is 0. The molecule has 0 saturated carbocycles. The van der Waals surface area contributed by atoms with Gasteiger partial charge in [-0.05, 0) is 19.1 Å². The Morgan fingerprint density at radius 2 is 2.31 bits per heavy atom. The van der Waals surface area contributed by atoms with Crippen LogP contribution in [-0.4, -0.2) is 21.2 Å². The maximum Gasteiger partial charge on any atom is 0.160 e. The highest BCUT2D eigenvalue weighted by Crippen LogP contribution is 2.10. The number of aromatic nitrogens is 3. The molecule has 0 N–H and O–H groups in total. The highest BCUT2D eigenvalue weighted by molar-refractivity contribution is 5.70. The normalized spacial score (nSPS) is 10.9. The number of hydrogen-bond donors (Lipinski definition) is 0. The molecule has 0 fully saturated rings. The second-order valence-electron chi connectivity index (χ2n) is 2.92. The van der Waals surface area contributed by atoms with Gasteiger partial charge in [0.15, 0.2) is 5.65 Å². The zero-order valence-corrected chi connectivity index (χ0v) is 7.37. The Hall–Kier alpha value is -1.45. The molecule has 0 aliphatic heterocycles. The van der Waals surface area contributed by atoms with Crippen molar-refractivity contribution in [2.24, 2.45) is 0 Å². The molecule has 3 nitrogen and oxygen atoms in total. The Labute approximate surface area is 75.2 Å². The number of rotatable bonds is 2. The number of aryl methyl sites for hydroxylation is 2. The predicted molar refractivity (Wildman–Crippen MR) is 48.2 cm³/mol. The first-order valence-corrected chi connectivity index (χ1v) is 4.15. The van der Waals surface area contributed by atoms with Crippen LogP contribution in [0.5, 0.6) is 0 Å². The van der Waals surface area contributed by atoms with Crippen molar-refractivity contribution in [3.8, 4) is 0 Å². The maximum atomic E-state index is 12.1. The summed E-state index contributed by atoms with van der Waals surface area (Å²) in [6.45, 7) is 1.85. The average Bonchev–Trinajstić information content (AvgIpc) is 2.49. The minimum Gasteiger partial charge on any atom is -0.313 e. The molecule has 0 amide bonds. The van der Waals surface area contributed by atoms with E-state index in [0.717, 1.165) is 16.9 Å². The van der Waals surface area contributed by atoms with Crippen LogP contribution in [0.15, 0.2) is 18.5 Å². The summed E-state index contributed by atoms with van der Waals surface area (Å²) in [6.07, 6.45) is 1.62. The number of fused-ring (bicyclic) bond motifs is 1. The molecular weight excluding hydrogens is 169 g/mol. The van der Waals surface area contributed by atoms with Crippen molar-refractivity contribution in [1.82, 2.24) is 14.5 Å². The zero-order chi connectivity index (χ0) is 9.26. The summed E-state index contributed by atoms with van der Waals surface area (Å²) in [5.74, 6) is 0. The number of hydrogen-bond acceptors (Lipinski definition) is 2. The maximum absolute atomic E-state index is 12.1. The third-order valence-corrected chi connectivity index (χ3v) is 1.93. The number of pyridine rings is 1. The van der Waals surface area contributed by atoms with E-state index in [1.807, 2.05) is 19.1 Å². The van der Waals surface area contributed by atoms with E-state index in [4.69, 9.17) is 0 Å². The number of imidazole rings is 1. The Morgan fingerprint density at radius 1 is 1.46 bits per heavy atom. The summed E-state index contributed by atoms with van der Waals surface area (Å²) in [5.41, 5.74) is 2.50. The van der Waals surface area contributed by atoms with E-state index in [0.29, 0.717) is 6.54 Å². The monoisotopic (exact) mass is 179 g/mol. The van der Waals surface area contributed by atoms with Gasteiger partial charge in [0, 0.05) is 5.69 Å². The lowest BCUT2D eigenvalue weighted by atomic mass is 10.3. The van der Waals surface area contributed by atoms with Gasteiger partial charge in [0.05, 0.1) is 12.9 Å². The van der Waals surface area contributed by atoms with Crippen LogP contribution >= 0.6 is 0 Å². The topological polar surface area (TPSA) is 30.7 Å². The number of alkyl halides is 1. The van der Waals surface area contributed by atoms with Crippen molar-refractivity contribution in [2.75, 3.05) is 6.67 Å². The van der Waals surface area contributed by atoms with E-state index in [1.54, 1.807) is 10.9 Å². The molecule has 2 rings (SSSR count). The fourth-order valence-corrected chi connectivity index (χ4v) is 1.29. The first-order chi connectivity index (χ1) is 6.31. The van der Waals surface area contributed by atoms with E-state index in [1.165, 1.54) is 0 Å². The van der Waals surface area contributed by atoms with Gasteiger partial charge in [-0.3, -0.25) is 0 Å². The van der Waals surface area contributed by atoms with Gasteiger partial charge >= 0.3 is 0 Å². The summed E-state index contributed by atoms with van der Waals surface area (Å²) in [7, 11) is 0. The minimum absolute atomic E-state index is 0.326. The van der Waals surface area contributed by atoms with E-state index < -0.39 is 0 Å². The molecule has 0 aliphatic carbocycles. The standard InChI is InChI=1S/C9H10FN3/c1-7-2-3-8-9(12-7)13(5-4-10)6-11-8/h2-3,6H,4-5H2,1H3. The fraction of sp³-hybridized carbons (Fsp3) is 0.333. The zero-order valence-electron chi connectivity index (χ0n) is 7.37. The van der Waals surface area contributed by atoms with Crippen molar-refractivity contribution >= 4 is 11.2 Å². The van der Waals surface area contributed by atoms with Crippen LogP contribution < -0.4 is 0 Å². The molecule has 0 spiro atoms. The quantitative estimate of drug-likeness (QED) is 0.702. The molecule has 0 saturated heterocycles. The predicted octanol–water partition coefficient (Wildman–Crippen LogP) is 1.71. The van der Waals surface area contributed by atoms with Crippen molar-refractivity contribution < 1.29 is 4.39 Å². The molecule has 2 aromatic heterocycles. The smallest absolute Gasteiger partial charge is 0.160 e. The molecule has 13 heavy (non-hydrogen) atoms. The summed E-state index contributed by atoms with van der Waals surface area (Å²) < 4.78 is 13.8. The SMILES string of the molecule is Cc1ccc2ncn(CCF)c2n1. The molecule has 2 heterocycles. The van der Waals surface area contributed by atoms with Gasteiger partial charge in [-0.1, -0.05) is 0 Å². The lowest BCUT2D eigenvalue weighted by molar-refractivity contribution is 0.449. The van der Waals surface area contributed by atoms with Gasteiger partial charge in [-0.15, -0.1) is 0 Å². The Kier molecular flexibility index (Phi) is 1.96. The Balaban J connectivity index is 2.58. The lowest BCUT2D eigenvalue weighted by Gasteiger charge is -1.98. The first-order valence-electron chi connectivity index (χ1n) is 4.15. The van der Waals surface area contributed by atoms with E-state index in [-0.39, 0.29) is 6.67 Å². The molecule has 0 aromatic carbocycles. The van der Waals surface area contributed by atoms with Crippen LogP contribution in [0.4, 0.5) is 4.39 Å². The van der Waals surface area contributed by atoms with Gasteiger partial charge < -0.3 is 4.57 Å². The van der Waals surface area contributed by atoms with E-state index in [9.17, 15) is 4.39 Å². The third kappa shape index (κ3) is 1.39. The molecule has 0 aliphatic rings. The number of halogens is 1. The molecule has 0 radical (unpaired) electrons. The second-order valence-corrected chi connectivity index (χ2v) is 2.92. The van der Waals surface area contributed by atoms with Crippen LogP contribution in [-0.2, 0) is 6.54 Å². The first kappa shape index (κ1) is 8.16. The van der Waals surface area contributed by atoms with Gasteiger partial charge in [-0.25, -0.2) is 14.4 Å². The van der Waals surface area contributed by atoms with Gasteiger partial charge in [0.2, 0.25) is 0 Å². The van der Waals surface area contributed by atoms with Crippen LogP contribution in [0.1, 0.15) is 5.69 Å². The largest absolute Gasteiger partial charge is 0.313 e. The summed E-state index contributed by atoms with van der Waals surface area (Å²) in [4.78, 5) is 8.40. The molecule has 2 aromatic rings.